The SMILES string of the molecule is O=C(O)c1ccccc1OCCSCCO. The minimum atomic E-state index is -0.987. The van der Waals surface area contributed by atoms with Crippen LogP contribution in [0.1, 0.15) is 10.4 Å². The Bertz CT molecular complexity index is 341. The highest BCUT2D eigenvalue weighted by Crippen LogP contribution is 2.17. The molecule has 0 saturated heterocycles. The van der Waals surface area contributed by atoms with E-state index in [1.807, 2.05) is 0 Å². The monoisotopic (exact) mass is 242 g/mol. The van der Waals surface area contributed by atoms with Crippen molar-refractivity contribution in [3.05, 3.63) is 29.8 Å². The minimum Gasteiger partial charge on any atom is -0.492 e. The van der Waals surface area contributed by atoms with Gasteiger partial charge in [-0.25, -0.2) is 4.79 Å². The maximum atomic E-state index is 10.8. The Morgan fingerprint density at radius 3 is 2.75 bits per heavy atom. The number of carboxylic acid groups (broad SMARTS) is 1. The highest BCUT2D eigenvalue weighted by molar-refractivity contribution is 7.99. The van der Waals surface area contributed by atoms with Gasteiger partial charge in [-0.05, 0) is 12.1 Å². The van der Waals surface area contributed by atoms with E-state index in [9.17, 15) is 4.79 Å². The predicted molar refractivity (Wildman–Crippen MR) is 63.3 cm³/mol. The fraction of sp³-hybridized carbons (Fsp3) is 0.364. The number of hydrogen-bond donors (Lipinski definition) is 2. The molecular weight excluding hydrogens is 228 g/mol. The van der Waals surface area contributed by atoms with Crippen molar-refractivity contribution < 1.29 is 19.7 Å². The Morgan fingerprint density at radius 1 is 1.31 bits per heavy atom. The minimum absolute atomic E-state index is 0.149. The van der Waals surface area contributed by atoms with Gasteiger partial charge in [-0.1, -0.05) is 12.1 Å². The maximum Gasteiger partial charge on any atom is 0.339 e. The molecule has 1 rings (SSSR count). The molecule has 0 heterocycles. The molecule has 0 fully saturated rings. The fourth-order valence-corrected chi connectivity index (χ4v) is 1.68. The second-order valence-electron chi connectivity index (χ2n) is 2.99. The fourth-order valence-electron chi connectivity index (χ4n) is 1.15. The van der Waals surface area contributed by atoms with E-state index in [2.05, 4.69) is 0 Å². The molecule has 0 radical (unpaired) electrons. The average Bonchev–Trinajstić information content (AvgIpc) is 2.29. The lowest BCUT2D eigenvalue weighted by atomic mass is 10.2. The lowest BCUT2D eigenvalue weighted by molar-refractivity contribution is 0.0692. The quantitative estimate of drug-likeness (QED) is 0.709. The van der Waals surface area contributed by atoms with E-state index in [1.165, 1.54) is 6.07 Å². The average molecular weight is 242 g/mol. The molecule has 0 unspecified atom stereocenters. The molecule has 1 aromatic rings. The smallest absolute Gasteiger partial charge is 0.339 e. The van der Waals surface area contributed by atoms with Crippen molar-refractivity contribution in [2.24, 2.45) is 0 Å². The zero-order valence-corrected chi connectivity index (χ0v) is 9.57. The van der Waals surface area contributed by atoms with Crippen LogP contribution < -0.4 is 4.74 Å². The third-order valence-electron chi connectivity index (χ3n) is 1.84. The van der Waals surface area contributed by atoms with Crippen LogP contribution in [-0.2, 0) is 0 Å². The van der Waals surface area contributed by atoms with Gasteiger partial charge in [-0.2, -0.15) is 11.8 Å². The normalized spacial score (nSPS) is 10.1. The molecule has 1 aromatic carbocycles. The summed E-state index contributed by atoms with van der Waals surface area (Å²) in [4.78, 5) is 10.8. The van der Waals surface area contributed by atoms with Crippen molar-refractivity contribution in [3.63, 3.8) is 0 Å². The van der Waals surface area contributed by atoms with Crippen molar-refractivity contribution >= 4 is 17.7 Å². The highest BCUT2D eigenvalue weighted by atomic mass is 32.2. The summed E-state index contributed by atoms with van der Waals surface area (Å²) >= 11 is 1.56. The van der Waals surface area contributed by atoms with Gasteiger partial charge in [0.05, 0.1) is 13.2 Å². The van der Waals surface area contributed by atoms with E-state index >= 15 is 0 Å². The molecule has 2 N–H and O–H groups in total. The molecule has 0 atom stereocenters. The van der Waals surface area contributed by atoms with Gasteiger partial charge in [-0.3, -0.25) is 0 Å². The number of carboxylic acids is 1. The molecule has 5 heteroatoms. The lowest BCUT2D eigenvalue weighted by Crippen LogP contribution is -2.06. The molecule has 0 saturated carbocycles. The number of benzene rings is 1. The van der Waals surface area contributed by atoms with Gasteiger partial charge in [-0.15, -0.1) is 0 Å². The molecule has 0 aromatic heterocycles. The van der Waals surface area contributed by atoms with Crippen LogP contribution in [0.25, 0.3) is 0 Å². The number of aliphatic hydroxyl groups excluding tert-OH is 1. The van der Waals surface area contributed by atoms with Crippen LogP contribution in [0.5, 0.6) is 5.75 Å². The van der Waals surface area contributed by atoms with Crippen LogP contribution in [0.15, 0.2) is 24.3 Å². The Balaban J connectivity index is 2.44. The molecule has 0 aliphatic carbocycles. The number of thioether (sulfide) groups is 1. The maximum absolute atomic E-state index is 10.8. The van der Waals surface area contributed by atoms with Gasteiger partial charge in [0.2, 0.25) is 0 Å². The molecule has 0 aliphatic rings. The number of carbonyl (C=O) groups is 1. The van der Waals surface area contributed by atoms with Crippen LogP contribution in [0.4, 0.5) is 0 Å². The molecule has 0 bridgehead atoms. The molecule has 0 spiro atoms. The van der Waals surface area contributed by atoms with E-state index in [0.717, 1.165) is 5.75 Å². The number of ether oxygens (including phenoxy) is 1. The molecule has 16 heavy (non-hydrogen) atoms. The van der Waals surface area contributed by atoms with Crippen LogP contribution >= 0.6 is 11.8 Å². The first-order valence-electron chi connectivity index (χ1n) is 4.89. The van der Waals surface area contributed by atoms with E-state index in [0.29, 0.717) is 18.1 Å². The van der Waals surface area contributed by atoms with Gasteiger partial charge in [0.15, 0.2) is 0 Å². The van der Waals surface area contributed by atoms with Crippen molar-refractivity contribution in [2.45, 2.75) is 0 Å². The number of hydrogen-bond acceptors (Lipinski definition) is 4. The summed E-state index contributed by atoms with van der Waals surface area (Å²) in [6.07, 6.45) is 0. The van der Waals surface area contributed by atoms with E-state index in [1.54, 1.807) is 30.0 Å². The molecular formula is C11H14O4S. The zero-order chi connectivity index (χ0) is 11.8. The van der Waals surface area contributed by atoms with Gasteiger partial charge >= 0.3 is 5.97 Å². The highest BCUT2D eigenvalue weighted by Gasteiger charge is 2.09. The summed E-state index contributed by atoms with van der Waals surface area (Å²) in [6, 6.07) is 6.55. The Hall–Kier alpha value is -1.20. The number of para-hydroxylation sites is 1. The second-order valence-corrected chi connectivity index (χ2v) is 4.21. The van der Waals surface area contributed by atoms with Crippen LogP contribution in [-0.4, -0.2) is 40.9 Å². The number of aromatic carboxylic acids is 1. The van der Waals surface area contributed by atoms with Crippen molar-refractivity contribution in [2.75, 3.05) is 24.7 Å². The van der Waals surface area contributed by atoms with Gasteiger partial charge in [0, 0.05) is 11.5 Å². The lowest BCUT2D eigenvalue weighted by Gasteiger charge is -2.08. The Labute approximate surface area is 98.2 Å². The summed E-state index contributed by atoms with van der Waals surface area (Å²) in [6.45, 7) is 0.589. The first kappa shape index (κ1) is 12.9. The van der Waals surface area contributed by atoms with Crippen LogP contribution in [0.3, 0.4) is 0 Å². The number of rotatable bonds is 7. The van der Waals surface area contributed by atoms with Crippen LogP contribution in [0.2, 0.25) is 0 Å². The van der Waals surface area contributed by atoms with Crippen molar-refractivity contribution in [3.8, 4) is 5.75 Å². The largest absolute Gasteiger partial charge is 0.492 e. The van der Waals surface area contributed by atoms with E-state index < -0.39 is 5.97 Å². The molecule has 0 aliphatic heterocycles. The zero-order valence-electron chi connectivity index (χ0n) is 8.76. The Morgan fingerprint density at radius 2 is 2.06 bits per heavy atom. The molecule has 0 amide bonds. The van der Waals surface area contributed by atoms with Crippen molar-refractivity contribution in [1.82, 2.24) is 0 Å². The molecule has 4 nitrogen and oxygen atoms in total. The van der Waals surface area contributed by atoms with Gasteiger partial charge < -0.3 is 14.9 Å². The van der Waals surface area contributed by atoms with Gasteiger partial charge in [0.1, 0.15) is 11.3 Å². The topological polar surface area (TPSA) is 66.8 Å². The third kappa shape index (κ3) is 4.12. The Kier molecular flexibility index (Phi) is 5.74. The summed E-state index contributed by atoms with van der Waals surface area (Å²) in [5.74, 6) is 0.802. The molecule has 88 valence electrons. The number of aliphatic hydroxyl groups is 1. The first-order valence-corrected chi connectivity index (χ1v) is 6.05. The summed E-state index contributed by atoms with van der Waals surface area (Å²) < 4.78 is 5.36. The van der Waals surface area contributed by atoms with E-state index in [4.69, 9.17) is 14.9 Å². The first-order chi connectivity index (χ1) is 7.75. The van der Waals surface area contributed by atoms with Crippen molar-refractivity contribution in [1.29, 1.82) is 0 Å². The predicted octanol–water partition coefficient (Wildman–Crippen LogP) is 1.49. The standard InChI is InChI=1S/C11H14O4S/c12-5-7-16-8-6-15-10-4-2-1-3-9(10)11(13)14/h1-4,12H,5-8H2,(H,13,14). The third-order valence-corrected chi connectivity index (χ3v) is 2.76. The van der Waals surface area contributed by atoms with Gasteiger partial charge in [0.25, 0.3) is 0 Å². The summed E-state index contributed by atoms with van der Waals surface area (Å²) in [5.41, 5.74) is 0.176. The van der Waals surface area contributed by atoms with E-state index in [-0.39, 0.29) is 12.2 Å². The second kappa shape index (κ2) is 7.14. The van der Waals surface area contributed by atoms with Crippen LogP contribution in [0, 0.1) is 0 Å². The summed E-state index contributed by atoms with van der Waals surface area (Å²) in [5, 5.41) is 17.4. The summed E-state index contributed by atoms with van der Waals surface area (Å²) in [7, 11) is 0.